The van der Waals surface area contributed by atoms with Crippen molar-refractivity contribution in [3.8, 4) is 0 Å². The predicted molar refractivity (Wildman–Crippen MR) is 269 cm³/mol. The van der Waals surface area contributed by atoms with E-state index in [0.717, 1.165) is 28.3 Å². The fourth-order valence-corrected chi connectivity index (χ4v) is 15.3. The summed E-state index contributed by atoms with van der Waals surface area (Å²) in [7, 11) is 0. The lowest BCUT2D eigenvalue weighted by molar-refractivity contribution is -0.146. The summed E-state index contributed by atoms with van der Waals surface area (Å²) in [5.41, 5.74) is 11.2. The van der Waals surface area contributed by atoms with Crippen molar-refractivity contribution in [1.82, 2.24) is 24.4 Å². The quantitative estimate of drug-likeness (QED) is 0.0684. The summed E-state index contributed by atoms with van der Waals surface area (Å²) >= 11 is 1.29. The molecule has 4 aliphatic rings. The number of nitrogens with two attached hydrogens (primary N) is 1. The Morgan fingerprint density at radius 1 is 0.676 bits per heavy atom. The van der Waals surface area contributed by atoms with Gasteiger partial charge < -0.3 is 15.2 Å². The van der Waals surface area contributed by atoms with Crippen LogP contribution in [0.4, 0.5) is 14.6 Å². The molecule has 2 unspecified atom stereocenters. The van der Waals surface area contributed by atoms with E-state index in [1.807, 2.05) is 38.1 Å². The molecule has 18 nitrogen and oxygen atoms in total. The lowest BCUT2D eigenvalue weighted by Crippen LogP contribution is -2.44. The number of ether oxygens (including phenoxy) is 2. The molecule has 10 rings (SSSR count). The molecule has 2 aromatic heterocycles. The third-order valence-corrected chi connectivity index (χ3v) is 19.9. The molecule has 0 radical (unpaired) electrons. The normalized spacial score (nSPS) is 28.4. The van der Waals surface area contributed by atoms with E-state index in [-0.39, 0.29) is 40.1 Å². The van der Waals surface area contributed by atoms with Crippen LogP contribution in [-0.4, -0.2) is 104 Å². The molecule has 6 heterocycles. The monoisotopic (exact) mass is 1090 g/mol. The van der Waals surface area contributed by atoms with Gasteiger partial charge in [0.05, 0.1) is 26.0 Å². The minimum absolute atomic E-state index is 0.00531. The van der Waals surface area contributed by atoms with Crippen molar-refractivity contribution >= 4 is 76.6 Å². The second-order valence-electron chi connectivity index (χ2n) is 17.8. The van der Waals surface area contributed by atoms with E-state index in [2.05, 4.69) is 15.0 Å². The van der Waals surface area contributed by atoms with Crippen molar-refractivity contribution in [3.63, 3.8) is 0 Å². The fraction of sp³-hybridized carbons (Fsp3) is 0.300. The highest BCUT2D eigenvalue weighted by atomic mass is 32.7. The zero-order valence-corrected chi connectivity index (χ0v) is 42.8. The van der Waals surface area contributed by atoms with Crippen LogP contribution in [0.25, 0.3) is 11.2 Å². The first-order valence-electron chi connectivity index (χ1n) is 23.1. The van der Waals surface area contributed by atoms with E-state index >= 15 is 17.9 Å². The van der Waals surface area contributed by atoms with Gasteiger partial charge in [-0.05, 0) is 53.8 Å². The summed E-state index contributed by atoms with van der Waals surface area (Å²) in [5, 5.41) is 0. The number of anilines is 1. The van der Waals surface area contributed by atoms with Crippen LogP contribution < -0.4 is 5.73 Å². The van der Waals surface area contributed by atoms with Gasteiger partial charge in [-0.1, -0.05) is 108 Å². The van der Waals surface area contributed by atoms with Crippen LogP contribution in [0.5, 0.6) is 0 Å². The molecule has 4 aliphatic heterocycles. The molecular formula is C50H46F2N6O12P2S2. The van der Waals surface area contributed by atoms with Gasteiger partial charge in [0.2, 0.25) is 5.91 Å². The van der Waals surface area contributed by atoms with Gasteiger partial charge in [0.25, 0.3) is 0 Å². The molecule has 2 N–H and O–H groups in total. The van der Waals surface area contributed by atoms with Crippen molar-refractivity contribution in [2.24, 2.45) is 0 Å². The number of rotatable bonds is 12. The molecule has 10 atom stereocenters. The van der Waals surface area contributed by atoms with Crippen LogP contribution in [-0.2, 0) is 57.8 Å². The topological polar surface area (TPSA) is 231 Å². The number of ketones is 3. The summed E-state index contributed by atoms with van der Waals surface area (Å²) in [6.45, 7) is -7.10. The van der Waals surface area contributed by atoms with E-state index in [4.69, 9.17) is 33.3 Å². The number of carbonyl (C=O) groups excluding carboxylic acids is 4. The number of hydrogen-bond acceptors (Lipinski definition) is 18. The van der Waals surface area contributed by atoms with Crippen molar-refractivity contribution in [2.45, 2.75) is 81.0 Å². The van der Waals surface area contributed by atoms with E-state index in [1.165, 1.54) is 17.2 Å². The Hall–Kier alpha value is -5.77. The molecule has 0 spiro atoms. The zero-order chi connectivity index (χ0) is 51.9. The average Bonchev–Trinajstić information content (AvgIpc) is 4.06. The van der Waals surface area contributed by atoms with E-state index < -0.39 is 94.1 Å². The van der Waals surface area contributed by atoms with Crippen LogP contribution in [0.15, 0.2) is 122 Å². The minimum Gasteiger partial charge on any atom is -0.382 e. The first-order chi connectivity index (χ1) is 35.5. The standard InChI is InChI=1S/C50H46F2N6O12P2S2/c1-28-3-11-32(12-4-28)43(61)34-15-7-30(8-16-34)24-73-71(63)65-22-37-40(51)46(50(67-37)58-27-56-42-47(53)54-26-55-48(42)58)70-72(64,74-25-31-9-17-35(18-10-31)44(62)33-13-5-29(2)6-14-33)66-23-38-45(69-71)41(52)49(68-38)57-20-19-36(59)21-39(57)60/h3-20,26-27,37-38,40-41,45-46,49-50H,21-25H2,1-2H3,(H2,53,54,55)/t37-,38-,40-,41-,45-,46-,49-,50-,71?,72?/m1/s1. The lowest BCUT2D eigenvalue weighted by Gasteiger charge is -2.28. The Morgan fingerprint density at radius 3 is 1.72 bits per heavy atom. The summed E-state index contributed by atoms with van der Waals surface area (Å²) in [6, 6.07) is 27.3. The molecular weight excluding hydrogens is 1040 g/mol. The van der Waals surface area contributed by atoms with E-state index in [1.54, 1.807) is 72.8 Å². The smallest absolute Gasteiger partial charge is 0.382 e. The Labute approximate surface area is 430 Å². The third kappa shape index (κ3) is 11.0. The molecule has 24 heteroatoms. The number of halogens is 2. The van der Waals surface area contributed by atoms with Gasteiger partial charge in [0, 0.05) is 40.0 Å². The first-order valence-corrected chi connectivity index (χ1v) is 29.4. The van der Waals surface area contributed by atoms with Gasteiger partial charge in [0.1, 0.15) is 36.3 Å². The SMILES string of the molecule is Cc1ccc(C(=O)c2ccc(CSP3(=O)OC[C@H]4O[C@@H](N5C=CC(=O)CC5=O)[C@H](F)[C@@H]4OP(=O)(SCc4ccc(C(=O)c5ccc(C)cc5)cc4)OC[C@H]4O[C@@H](n5cnc6c(N)ncnc65)[C@H](O3)[C@@H]4F)cc2)cc1. The average molecular weight is 1090 g/mol. The Bertz CT molecular complexity index is 3250. The maximum absolute atomic E-state index is 17.2. The van der Waals surface area contributed by atoms with Crippen LogP contribution in [0.3, 0.4) is 0 Å². The number of aromatic nitrogens is 4. The summed E-state index contributed by atoms with van der Waals surface area (Å²) in [5.74, 6) is -1.91. The van der Waals surface area contributed by atoms with Gasteiger partial charge in [-0.2, -0.15) is 0 Å². The maximum atomic E-state index is 17.2. The number of carbonyl (C=O) groups is 4. The van der Waals surface area contributed by atoms with Crippen LogP contribution in [0, 0.1) is 13.8 Å². The number of nitrogens with zero attached hydrogens (tertiary/aromatic N) is 5. The van der Waals surface area contributed by atoms with Crippen LogP contribution >= 0.6 is 36.4 Å². The molecule has 3 fully saturated rings. The summed E-state index contributed by atoms with van der Waals surface area (Å²) in [4.78, 5) is 65.2. The molecule has 3 saturated heterocycles. The van der Waals surface area contributed by atoms with Crippen LogP contribution in [0.1, 0.15) is 66.7 Å². The van der Waals surface area contributed by atoms with Gasteiger partial charge in [0.15, 0.2) is 53.6 Å². The summed E-state index contributed by atoms with van der Waals surface area (Å²) < 4.78 is 103. The molecule has 2 bridgehead atoms. The maximum Gasteiger partial charge on any atom is 0.390 e. The van der Waals surface area contributed by atoms with Crippen molar-refractivity contribution in [3.05, 3.63) is 167 Å². The molecule has 4 aromatic carbocycles. The second-order valence-corrected chi connectivity index (χ2v) is 25.9. The molecule has 1 amide bonds. The fourth-order valence-electron chi connectivity index (χ4n) is 8.55. The number of hydrogen-bond donors (Lipinski definition) is 1. The largest absolute Gasteiger partial charge is 0.390 e. The number of benzene rings is 4. The molecule has 0 aliphatic carbocycles. The number of allylic oxidation sites excluding steroid dienone is 1. The van der Waals surface area contributed by atoms with Crippen molar-refractivity contribution in [1.29, 1.82) is 0 Å². The highest BCUT2D eigenvalue weighted by Gasteiger charge is 2.56. The Morgan fingerprint density at radius 2 is 1.18 bits per heavy atom. The van der Waals surface area contributed by atoms with Gasteiger partial charge in [-0.25, -0.2) is 32.9 Å². The second kappa shape index (κ2) is 21.5. The van der Waals surface area contributed by atoms with Crippen molar-refractivity contribution in [2.75, 3.05) is 18.9 Å². The highest BCUT2D eigenvalue weighted by Crippen LogP contribution is 2.67. The number of nitrogen functional groups attached to an aromatic ring is 1. The van der Waals surface area contributed by atoms with Crippen molar-refractivity contribution < 1.29 is 64.7 Å². The highest BCUT2D eigenvalue weighted by molar-refractivity contribution is 8.55. The van der Waals surface area contributed by atoms with E-state index in [9.17, 15) is 19.2 Å². The minimum atomic E-state index is -4.68. The lowest BCUT2D eigenvalue weighted by atomic mass is 10.0. The van der Waals surface area contributed by atoms with Gasteiger partial charge in [-0.15, -0.1) is 0 Å². The number of alkyl halides is 2. The third-order valence-electron chi connectivity index (χ3n) is 12.6. The van der Waals surface area contributed by atoms with Gasteiger partial charge in [-0.3, -0.25) is 46.7 Å². The Balaban J connectivity index is 0.968. The molecule has 6 aromatic rings. The number of amides is 1. The number of aryl methyl sites for hydroxylation is 2. The van der Waals surface area contributed by atoms with Crippen LogP contribution in [0.2, 0.25) is 0 Å². The first kappa shape index (κ1) is 51.7. The summed E-state index contributed by atoms with van der Waals surface area (Å²) in [6.07, 6.45) is -10.5. The predicted octanol–water partition coefficient (Wildman–Crippen LogP) is 9.00. The molecule has 74 heavy (non-hydrogen) atoms. The van der Waals surface area contributed by atoms with Gasteiger partial charge >= 0.3 is 13.6 Å². The Kier molecular flexibility index (Phi) is 15.0. The van der Waals surface area contributed by atoms with E-state index in [0.29, 0.717) is 56.1 Å². The molecule has 384 valence electrons. The molecule has 0 saturated carbocycles. The zero-order valence-electron chi connectivity index (χ0n) is 39.4. The number of fused-ring (bicyclic) bond motifs is 4. The number of imidazole rings is 1.